The molecule has 8 heteroatoms. The topological polar surface area (TPSA) is 75.3 Å². The number of hydrogen-bond acceptors (Lipinski definition) is 3. The van der Waals surface area contributed by atoms with E-state index in [2.05, 4.69) is 10.6 Å². The minimum atomic E-state index is -3.07. The summed E-state index contributed by atoms with van der Waals surface area (Å²) in [7, 11) is -3.07. The Hall–Kier alpha value is -0.980. The van der Waals surface area contributed by atoms with Crippen molar-refractivity contribution in [1.29, 1.82) is 0 Å². The number of anilines is 1. The van der Waals surface area contributed by atoms with Gasteiger partial charge in [-0.15, -0.1) is 0 Å². The number of carbonyl (C=O) groups excluding carboxylic acids is 1. The van der Waals surface area contributed by atoms with Gasteiger partial charge in [0.05, 0.1) is 27.1 Å². The zero-order valence-electron chi connectivity index (χ0n) is 10.7. The van der Waals surface area contributed by atoms with Crippen molar-refractivity contribution in [1.82, 2.24) is 5.32 Å². The molecule has 0 bridgehead atoms. The first-order valence-electron chi connectivity index (χ1n) is 5.94. The van der Waals surface area contributed by atoms with Crippen LogP contribution in [0.5, 0.6) is 0 Å². The lowest BCUT2D eigenvalue weighted by atomic mass is 10.0. The number of carbonyl (C=O) groups is 1. The lowest BCUT2D eigenvalue weighted by molar-refractivity contribution is 0.242. The SMILES string of the molecule is CC1(NC(=O)Nc2ccc(Cl)c(Cl)c2)CCS(=O)(=O)C1. The first kappa shape index (κ1) is 15.4. The molecule has 0 saturated carbocycles. The van der Waals surface area contributed by atoms with Crippen LogP contribution in [-0.4, -0.2) is 31.5 Å². The quantitative estimate of drug-likeness (QED) is 0.871. The van der Waals surface area contributed by atoms with Crippen LogP contribution in [0.25, 0.3) is 0 Å². The molecule has 1 aromatic rings. The summed E-state index contributed by atoms with van der Waals surface area (Å²) in [6, 6.07) is 4.24. The zero-order chi connectivity index (χ0) is 15.0. The van der Waals surface area contributed by atoms with Crippen molar-refractivity contribution >= 4 is 44.8 Å². The minimum absolute atomic E-state index is 0.0468. The van der Waals surface area contributed by atoms with E-state index >= 15 is 0 Å². The van der Waals surface area contributed by atoms with Crippen LogP contribution in [0.15, 0.2) is 18.2 Å². The van der Waals surface area contributed by atoms with Gasteiger partial charge in [0, 0.05) is 5.69 Å². The summed E-state index contributed by atoms with van der Waals surface area (Å²) >= 11 is 11.6. The molecule has 2 rings (SSSR count). The molecular formula is C12H14Cl2N2O3S. The summed E-state index contributed by atoms with van der Waals surface area (Å²) in [4.78, 5) is 11.9. The van der Waals surface area contributed by atoms with Gasteiger partial charge < -0.3 is 10.6 Å². The van der Waals surface area contributed by atoms with Crippen molar-refractivity contribution in [3.63, 3.8) is 0 Å². The molecule has 1 fully saturated rings. The van der Waals surface area contributed by atoms with Crippen LogP contribution in [0, 0.1) is 0 Å². The van der Waals surface area contributed by atoms with Gasteiger partial charge in [0.25, 0.3) is 0 Å². The van der Waals surface area contributed by atoms with Crippen molar-refractivity contribution in [3.05, 3.63) is 28.2 Å². The zero-order valence-corrected chi connectivity index (χ0v) is 13.1. The second kappa shape index (κ2) is 5.42. The second-order valence-corrected chi connectivity index (χ2v) is 8.11. The first-order valence-corrected chi connectivity index (χ1v) is 8.52. The Morgan fingerprint density at radius 2 is 2.00 bits per heavy atom. The molecule has 0 spiro atoms. The van der Waals surface area contributed by atoms with Gasteiger partial charge in [-0.2, -0.15) is 0 Å². The van der Waals surface area contributed by atoms with Crippen LogP contribution < -0.4 is 10.6 Å². The normalized spacial score (nSPS) is 24.4. The third-order valence-electron chi connectivity index (χ3n) is 3.10. The maximum atomic E-state index is 11.9. The molecule has 1 aliphatic rings. The van der Waals surface area contributed by atoms with E-state index in [9.17, 15) is 13.2 Å². The standard InChI is InChI=1S/C12H14Cl2N2O3S/c1-12(4-5-20(18,19)7-12)16-11(17)15-8-2-3-9(13)10(14)6-8/h2-3,6H,4-5,7H2,1H3,(H2,15,16,17). The summed E-state index contributed by atoms with van der Waals surface area (Å²) in [5, 5.41) is 6.02. The van der Waals surface area contributed by atoms with Crippen LogP contribution in [0.2, 0.25) is 10.0 Å². The predicted molar refractivity (Wildman–Crippen MR) is 80.3 cm³/mol. The molecule has 0 radical (unpaired) electrons. The Balaban J connectivity index is 2.01. The molecule has 0 aliphatic carbocycles. The molecule has 1 heterocycles. The molecular weight excluding hydrogens is 323 g/mol. The van der Waals surface area contributed by atoms with Crippen LogP contribution in [-0.2, 0) is 9.84 Å². The van der Waals surface area contributed by atoms with Gasteiger partial charge in [0.2, 0.25) is 0 Å². The van der Waals surface area contributed by atoms with Crippen LogP contribution in [0.3, 0.4) is 0 Å². The Bertz CT molecular complexity index is 648. The fourth-order valence-electron chi connectivity index (χ4n) is 2.12. The molecule has 5 nitrogen and oxygen atoms in total. The van der Waals surface area contributed by atoms with Gasteiger partial charge >= 0.3 is 6.03 Å². The van der Waals surface area contributed by atoms with Gasteiger partial charge in [-0.05, 0) is 31.5 Å². The van der Waals surface area contributed by atoms with E-state index in [1.807, 2.05) is 0 Å². The van der Waals surface area contributed by atoms with E-state index in [4.69, 9.17) is 23.2 Å². The molecule has 110 valence electrons. The molecule has 1 aromatic carbocycles. The number of hydrogen-bond donors (Lipinski definition) is 2. The number of benzene rings is 1. The third kappa shape index (κ3) is 3.77. The summed E-state index contributed by atoms with van der Waals surface area (Å²) in [5.41, 5.74) is -0.250. The predicted octanol–water partition coefficient (Wildman–Crippen LogP) is 2.69. The Morgan fingerprint density at radius 1 is 1.30 bits per heavy atom. The summed E-state index contributed by atoms with van der Waals surface area (Å²) in [5.74, 6) is 0.0470. The molecule has 2 amide bonds. The van der Waals surface area contributed by atoms with Crippen LogP contribution in [0.4, 0.5) is 10.5 Å². The van der Waals surface area contributed by atoms with E-state index in [1.165, 1.54) is 6.07 Å². The number of halogens is 2. The number of rotatable bonds is 2. The average Bonchev–Trinajstić information content (AvgIpc) is 2.57. The van der Waals surface area contributed by atoms with Gasteiger partial charge in [-0.3, -0.25) is 0 Å². The minimum Gasteiger partial charge on any atom is -0.332 e. The molecule has 0 aromatic heterocycles. The third-order valence-corrected chi connectivity index (χ3v) is 5.74. The van der Waals surface area contributed by atoms with Crippen LogP contribution >= 0.6 is 23.2 Å². The average molecular weight is 337 g/mol. The molecule has 20 heavy (non-hydrogen) atoms. The van der Waals surface area contributed by atoms with Gasteiger partial charge in [-0.1, -0.05) is 23.2 Å². The fourth-order valence-corrected chi connectivity index (χ4v) is 4.51. The van der Waals surface area contributed by atoms with Gasteiger partial charge in [-0.25, -0.2) is 13.2 Å². The van der Waals surface area contributed by atoms with E-state index in [1.54, 1.807) is 19.1 Å². The fraction of sp³-hybridized carbons (Fsp3) is 0.417. The van der Waals surface area contributed by atoms with Crippen molar-refractivity contribution in [2.45, 2.75) is 18.9 Å². The Labute approximate surface area is 127 Å². The monoisotopic (exact) mass is 336 g/mol. The number of nitrogens with one attached hydrogen (secondary N) is 2. The highest BCUT2D eigenvalue weighted by molar-refractivity contribution is 7.91. The van der Waals surface area contributed by atoms with Crippen molar-refractivity contribution in [3.8, 4) is 0 Å². The maximum Gasteiger partial charge on any atom is 0.319 e. The molecule has 1 atom stereocenters. The molecule has 1 saturated heterocycles. The number of sulfone groups is 1. The first-order chi connectivity index (χ1) is 9.19. The molecule has 1 unspecified atom stereocenters. The maximum absolute atomic E-state index is 11.9. The highest BCUT2D eigenvalue weighted by Crippen LogP contribution is 2.26. The lowest BCUT2D eigenvalue weighted by Crippen LogP contribution is -2.48. The highest BCUT2D eigenvalue weighted by Gasteiger charge is 2.39. The largest absolute Gasteiger partial charge is 0.332 e. The summed E-state index contributed by atoms with van der Waals surface area (Å²) in [6.45, 7) is 1.71. The summed E-state index contributed by atoms with van der Waals surface area (Å²) in [6.07, 6.45) is 0.407. The Morgan fingerprint density at radius 3 is 2.55 bits per heavy atom. The van der Waals surface area contributed by atoms with Gasteiger partial charge in [0.15, 0.2) is 9.84 Å². The van der Waals surface area contributed by atoms with Crippen LogP contribution in [0.1, 0.15) is 13.3 Å². The number of amides is 2. The van der Waals surface area contributed by atoms with Gasteiger partial charge in [0.1, 0.15) is 0 Å². The second-order valence-electron chi connectivity index (χ2n) is 5.11. The van der Waals surface area contributed by atoms with Crippen molar-refractivity contribution < 1.29 is 13.2 Å². The summed E-state index contributed by atoms with van der Waals surface area (Å²) < 4.78 is 22.9. The molecule has 1 aliphatic heterocycles. The lowest BCUT2D eigenvalue weighted by Gasteiger charge is -2.24. The van der Waals surface area contributed by atoms with E-state index in [0.29, 0.717) is 22.2 Å². The smallest absolute Gasteiger partial charge is 0.319 e. The van der Waals surface area contributed by atoms with E-state index < -0.39 is 21.4 Å². The van der Waals surface area contributed by atoms with Crippen molar-refractivity contribution in [2.24, 2.45) is 0 Å². The van der Waals surface area contributed by atoms with E-state index in [-0.39, 0.29) is 11.5 Å². The molecule has 2 N–H and O–H groups in total. The highest BCUT2D eigenvalue weighted by atomic mass is 35.5. The van der Waals surface area contributed by atoms with Crippen molar-refractivity contribution in [2.75, 3.05) is 16.8 Å². The Kier molecular flexibility index (Phi) is 4.18. The number of urea groups is 1. The van der Waals surface area contributed by atoms with E-state index in [0.717, 1.165) is 0 Å².